The number of hydrogen-bond donors (Lipinski definition) is 1. The number of amides is 1. The molecule has 3 aromatic rings. The van der Waals surface area contributed by atoms with E-state index >= 15 is 0 Å². The quantitative estimate of drug-likeness (QED) is 0.633. The number of carbonyl (C=O) groups excluding carboxylic acids is 1. The number of aryl methyl sites for hydroxylation is 1. The van der Waals surface area contributed by atoms with Crippen molar-refractivity contribution < 1.29 is 9.18 Å². The van der Waals surface area contributed by atoms with Gasteiger partial charge in [-0.3, -0.25) is 4.79 Å². The van der Waals surface area contributed by atoms with Crippen molar-refractivity contribution in [2.75, 3.05) is 5.75 Å². The summed E-state index contributed by atoms with van der Waals surface area (Å²) in [5.74, 6) is 0.0518. The highest BCUT2D eigenvalue weighted by Gasteiger charge is 2.16. The van der Waals surface area contributed by atoms with Crippen LogP contribution in [0.15, 0.2) is 59.6 Å². The molecule has 0 aliphatic rings. The Hall–Kier alpha value is -2.60. The molecular weight excluding hydrogens is 361 g/mol. The van der Waals surface area contributed by atoms with Gasteiger partial charge in [-0.2, -0.15) is 5.10 Å². The molecule has 6 heteroatoms. The normalized spacial score (nSPS) is 12.0. The maximum atomic E-state index is 13.1. The van der Waals surface area contributed by atoms with Crippen molar-refractivity contribution in [3.05, 3.63) is 77.4 Å². The molecule has 4 nitrogen and oxygen atoms in total. The maximum absolute atomic E-state index is 13.1. The average molecular weight is 383 g/mol. The summed E-state index contributed by atoms with van der Waals surface area (Å²) in [7, 11) is 0. The Kier molecular flexibility index (Phi) is 5.96. The third-order valence-corrected chi connectivity index (χ3v) is 5.37. The molecule has 0 saturated carbocycles. The lowest BCUT2D eigenvalue weighted by Gasteiger charge is -2.14. The second kappa shape index (κ2) is 8.39. The van der Waals surface area contributed by atoms with E-state index in [4.69, 9.17) is 0 Å². The number of carbonyl (C=O) groups is 1. The van der Waals surface area contributed by atoms with Gasteiger partial charge in [0.25, 0.3) is 0 Å². The van der Waals surface area contributed by atoms with E-state index in [1.807, 2.05) is 45.0 Å². The van der Waals surface area contributed by atoms with Crippen LogP contribution in [0, 0.1) is 19.7 Å². The van der Waals surface area contributed by atoms with Gasteiger partial charge in [-0.15, -0.1) is 11.8 Å². The summed E-state index contributed by atoms with van der Waals surface area (Å²) in [4.78, 5) is 13.4. The first-order valence-electron chi connectivity index (χ1n) is 8.73. The van der Waals surface area contributed by atoms with Crippen LogP contribution in [0.3, 0.4) is 0 Å². The molecule has 0 saturated heterocycles. The van der Waals surface area contributed by atoms with E-state index in [0.717, 1.165) is 21.8 Å². The van der Waals surface area contributed by atoms with Crippen molar-refractivity contribution in [2.45, 2.75) is 31.7 Å². The van der Waals surface area contributed by atoms with Crippen molar-refractivity contribution in [1.29, 1.82) is 0 Å². The molecule has 27 heavy (non-hydrogen) atoms. The molecule has 0 bridgehead atoms. The maximum Gasteiger partial charge on any atom is 0.230 e. The van der Waals surface area contributed by atoms with Crippen molar-refractivity contribution in [3.63, 3.8) is 0 Å². The van der Waals surface area contributed by atoms with Crippen molar-refractivity contribution >= 4 is 17.7 Å². The SMILES string of the molecule is Cc1ccc(SCC(=O)NC(C)c2cnn(-c3ccc(F)cc3)c2C)cc1. The second-order valence-corrected chi connectivity index (χ2v) is 7.51. The van der Waals surface area contributed by atoms with E-state index in [1.165, 1.54) is 29.5 Å². The molecule has 140 valence electrons. The third kappa shape index (κ3) is 4.77. The number of nitrogens with zero attached hydrogens (tertiary/aromatic N) is 2. The highest BCUT2D eigenvalue weighted by Crippen LogP contribution is 2.22. The highest BCUT2D eigenvalue weighted by atomic mass is 32.2. The Labute approximate surface area is 162 Å². The van der Waals surface area contributed by atoms with Crippen LogP contribution in [0.1, 0.15) is 29.8 Å². The van der Waals surface area contributed by atoms with Crippen LogP contribution < -0.4 is 5.32 Å². The lowest BCUT2D eigenvalue weighted by atomic mass is 10.1. The Morgan fingerprint density at radius 1 is 1.15 bits per heavy atom. The van der Waals surface area contributed by atoms with Crippen LogP contribution in [0.2, 0.25) is 0 Å². The van der Waals surface area contributed by atoms with Gasteiger partial charge in [0.2, 0.25) is 5.91 Å². The Bertz CT molecular complexity index is 920. The lowest BCUT2D eigenvalue weighted by molar-refractivity contribution is -0.119. The van der Waals surface area contributed by atoms with Crippen LogP contribution >= 0.6 is 11.8 Å². The number of nitrogens with one attached hydrogen (secondary N) is 1. The Morgan fingerprint density at radius 2 is 1.81 bits per heavy atom. The summed E-state index contributed by atoms with van der Waals surface area (Å²) in [6.45, 7) is 5.92. The van der Waals surface area contributed by atoms with Gasteiger partial charge in [-0.05, 0) is 57.2 Å². The molecular formula is C21H22FN3OS. The highest BCUT2D eigenvalue weighted by molar-refractivity contribution is 8.00. The first-order chi connectivity index (χ1) is 12.9. The van der Waals surface area contributed by atoms with E-state index in [9.17, 15) is 9.18 Å². The molecule has 1 unspecified atom stereocenters. The van der Waals surface area contributed by atoms with Gasteiger partial charge in [0, 0.05) is 16.2 Å². The van der Waals surface area contributed by atoms with E-state index < -0.39 is 0 Å². The predicted octanol–water partition coefficient (Wildman–Crippen LogP) is 4.60. The molecule has 0 aliphatic carbocycles. The molecule has 1 heterocycles. The van der Waals surface area contributed by atoms with Crippen molar-refractivity contribution in [1.82, 2.24) is 15.1 Å². The van der Waals surface area contributed by atoms with Gasteiger partial charge in [0.1, 0.15) is 5.82 Å². The van der Waals surface area contributed by atoms with Crippen LogP contribution in [0.4, 0.5) is 4.39 Å². The number of benzene rings is 2. The molecule has 0 aliphatic heterocycles. The number of halogens is 1. The average Bonchev–Trinajstić information content (AvgIpc) is 3.03. The number of rotatable bonds is 6. The smallest absolute Gasteiger partial charge is 0.230 e. The molecule has 3 rings (SSSR count). The fraction of sp³-hybridized carbons (Fsp3) is 0.238. The molecule has 1 amide bonds. The first-order valence-corrected chi connectivity index (χ1v) is 9.72. The minimum Gasteiger partial charge on any atom is -0.349 e. The number of aromatic nitrogens is 2. The Balaban J connectivity index is 1.62. The second-order valence-electron chi connectivity index (χ2n) is 6.46. The summed E-state index contributed by atoms with van der Waals surface area (Å²) in [6, 6.07) is 14.1. The molecule has 0 spiro atoms. The monoisotopic (exact) mass is 383 g/mol. The molecule has 1 atom stereocenters. The lowest BCUT2D eigenvalue weighted by Crippen LogP contribution is -2.28. The molecule has 0 radical (unpaired) electrons. The fourth-order valence-electron chi connectivity index (χ4n) is 2.83. The van der Waals surface area contributed by atoms with Crippen LogP contribution in [0.5, 0.6) is 0 Å². The number of hydrogen-bond acceptors (Lipinski definition) is 3. The Morgan fingerprint density at radius 3 is 2.48 bits per heavy atom. The summed E-state index contributed by atoms with van der Waals surface area (Å²) in [5.41, 5.74) is 3.84. The summed E-state index contributed by atoms with van der Waals surface area (Å²) >= 11 is 1.51. The molecule has 0 fully saturated rings. The van der Waals surface area contributed by atoms with Crippen LogP contribution in [0.25, 0.3) is 5.69 Å². The van der Waals surface area contributed by atoms with Crippen LogP contribution in [-0.4, -0.2) is 21.4 Å². The molecule has 1 aromatic heterocycles. The zero-order valence-corrected chi connectivity index (χ0v) is 16.4. The van der Waals surface area contributed by atoms with E-state index in [0.29, 0.717) is 5.75 Å². The largest absolute Gasteiger partial charge is 0.349 e. The third-order valence-electron chi connectivity index (χ3n) is 4.35. The van der Waals surface area contributed by atoms with Gasteiger partial charge in [0.15, 0.2) is 0 Å². The van der Waals surface area contributed by atoms with Crippen molar-refractivity contribution in [2.24, 2.45) is 0 Å². The van der Waals surface area contributed by atoms with E-state index in [-0.39, 0.29) is 17.8 Å². The molecule has 1 N–H and O–H groups in total. The van der Waals surface area contributed by atoms with Gasteiger partial charge in [-0.1, -0.05) is 17.7 Å². The first kappa shape index (κ1) is 19.2. The van der Waals surface area contributed by atoms with Gasteiger partial charge in [-0.25, -0.2) is 9.07 Å². The summed E-state index contributed by atoms with van der Waals surface area (Å²) in [6.07, 6.45) is 1.75. The predicted molar refractivity (Wildman–Crippen MR) is 107 cm³/mol. The van der Waals surface area contributed by atoms with Crippen LogP contribution in [-0.2, 0) is 4.79 Å². The summed E-state index contributed by atoms with van der Waals surface area (Å²) < 4.78 is 14.9. The van der Waals surface area contributed by atoms with E-state index in [1.54, 1.807) is 23.0 Å². The topological polar surface area (TPSA) is 46.9 Å². The zero-order chi connectivity index (χ0) is 19.4. The number of thioether (sulfide) groups is 1. The zero-order valence-electron chi connectivity index (χ0n) is 15.6. The van der Waals surface area contributed by atoms with Gasteiger partial charge in [0.05, 0.1) is 23.7 Å². The van der Waals surface area contributed by atoms with E-state index in [2.05, 4.69) is 10.4 Å². The standard InChI is InChI=1S/C21H22FN3OS/c1-14-4-10-19(11-5-14)27-13-21(26)24-15(2)20-12-23-25(16(20)3)18-8-6-17(22)7-9-18/h4-12,15H,13H2,1-3H3,(H,24,26). The fourth-order valence-corrected chi connectivity index (χ4v) is 3.54. The van der Waals surface area contributed by atoms with Gasteiger partial charge >= 0.3 is 0 Å². The minimum atomic E-state index is -0.282. The molecule has 2 aromatic carbocycles. The minimum absolute atomic E-state index is 0.0259. The summed E-state index contributed by atoms with van der Waals surface area (Å²) in [5, 5.41) is 7.40. The van der Waals surface area contributed by atoms with Crippen molar-refractivity contribution in [3.8, 4) is 5.69 Å². The van der Waals surface area contributed by atoms with Gasteiger partial charge < -0.3 is 5.32 Å².